The monoisotopic (exact) mass is 295 g/mol. The van der Waals surface area contributed by atoms with E-state index in [1.807, 2.05) is 6.92 Å². The van der Waals surface area contributed by atoms with Gasteiger partial charge in [0.1, 0.15) is 17.1 Å². The number of benzene rings is 1. The van der Waals surface area contributed by atoms with E-state index in [2.05, 4.69) is 0 Å². The number of hydrogen-bond donors (Lipinski definition) is 1. The van der Waals surface area contributed by atoms with E-state index < -0.39 is 17.3 Å². The molecule has 1 amide bonds. The Morgan fingerprint density at radius 1 is 1.43 bits per heavy atom. The zero-order valence-corrected chi connectivity index (χ0v) is 11.8. The molecular weight excluding hydrogens is 277 g/mol. The molecule has 1 aromatic rings. The fourth-order valence-electron chi connectivity index (χ4n) is 2.52. The molecule has 0 saturated carbocycles. The molecular formula is C15H18FNO4. The topological polar surface area (TPSA) is 66.8 Å². The zero-order chi connectivity index (χ0) is 15.4. The molecule has 114 valence electrons. The van der Waals surface area contributed by atoms with Gasteiger partial charge >= 0.3 is 5.97 Å². The van der Waals surface area contributed by atoms with E-state index in [9.17, 15) is 14.0 Å². The minimum atomic E-state index is -1.41. The number of carboxylic acids is 1. The highest BCUT2D eigenvalue weighted by Gasteiger charge is 2.24. The number of halogens is 1. The van der Waals surface area contributed by atoms with Gasteiger partial charge in [0.2, 0.25) is 0 Å². The number of hydrogen-bond acceptors (Lipinski definition) is 3. The molecule has 0 aliphatic carbocycles. The Hall–Kier alpha value is -2.11. The first-order valence-electron chi connectivity index (χ1n) is 6.94. The summed E-state index contributed by atoms with van der Waals surface area (Å²) in [4.78, 5) is 24.9. The molecule has 1 aliphatic heterocycles. The lowest BCUT2D eigenvalue weighted by Gasteiger charge is -2.33. The van der Waals surface area contributed by atoms with Crippen LogP contribution in [0.25, 0.3) is 0 Å². The third-order valence-electron chi connectivity index (χ3n) is 3.66. The van der Waals surface area contributed by atoms with E-state index in [1.54, 1.807) is 4.90 Å². The van der Waals surface area contributed by atoms with Crippen molar-refractivity contribution >= 4 is 11.9 Å². The molecule has 6 heteroatoms. The Morgan fingerprint density at radius 3 is 2.86 bits per heavy atom. The first kappa shape index (κ1) is 15.3. The molecule has 1 atom stereocenters. The molecule has 1 heterocycles. The van der Waals surface area contributed by atoms with E-state index in [4.69, 9.17) is 9.84 Å². The fraction of sp³-hybridized carbons (Fsp3) is 0.467. The van der Waals surface area contributed by atoms with Crippen LogP contribution >= 0.6 is 0 Å². The minimum absolute atomic E-state index is 0.125. The average molecular weight is 295 g/mol. The number of amides is 1. The van der Waals surface area contributed by atoms with Crippen LogP contribution in [0.4, 0.5) is 4.39 Å². The van der Waals surface area contributed by atoms with Crippen molar-refractivity contribution in [3.8, 4) is 5.75 Å². The van der Waals surface area contributed by atoms with Gasteiger partial charge < -0.3 is 14.7 Å². The fourth-order valence-corrected chi connectivity index (χ4v) is 2.52. The van der Waals surface area contributed by atoms with E-state index in [0.717, 1.165) is 25.3 Å². The maximum Gasteiger partial charge on any atom is 0.342 e. The predicted octanol–water partition coefficient (Wildman–Crippen LogP) is 2.30. The van der Waals surface area contributed by atoms with E-state index in [1.165, 1.54) is 12.1 Å². The van der Waals surface area contributed by atoms with Crippen LogP contribution in [-0.4, -0.2) is 41.1 Å². The molecule has 0 bridgehead atoms. The van der Waals surface area contributed by atoms with Crippen LogP contribution < -0.4 is 4.74 Å². The number of carbonyl (C=O) groups excluding carboxylic acids is 1. The number of carboxylic acid groups (broad SMARTS) is 1. The maximum atomic E-state index is 13.5. The largest absolute Gasteiger partial charge is 0.483 e. The van der Waals surface area contributed by atoms with Crippen LogP contribution in [0.2, 0.25) is 0 Å². The molecule has 1 fully saturated rings. The summed E-state index contributed by atoms with van der Waals surface area (Å²) >= 11 is 0. The molecule has 0 radical (unpaired) electrons. The second-order valence-electron chi connectivity index (χ2n) is 5.14. The minimum Gasteiger partial charge on any atom is -0.483 e. The van der Waals surface area contributed by atoms with Crippen molar-refractivity contribution in [3.05, 3.63) is 29.6 Å². The van der Waals surface area contributed by atoms with Gasteiger partial charge in [-0.15, -0.1) is 0 Å². The van der Waals surface area contributed by atoms with Crippen LogP contribution in [-0.2, 0) is 4.79 Å². The smallest absolute Gasteiger partial charge is 0.342 e. The summed E-state index contributed by atoms with van der Waals surface area (Å²) in [6.45, 7) is 2.37. The van der Waals surface area contributed by atoms with Gasteiger partial charge in [-0.3, -0.25) is 4.79 Å². The van der Waals surface area contributed by atoms with Gasteiger partial charge in [-0.1, -0.05) is 6.07 Å². The van der Waals surface area contributed by atoms with Crippen molar-refractivity contribution in [1.29, 1.82) is 0 Å². The van der Waals surface area contributed by atoms with Gasteiger partial charge in [0, 0.05) is 12.6 Å². The van der Waals surface area contributed by atoms with Crippen LogP contribution in [0.15, 0.2) is 18.2 Å². The number of nitrogens with zero attached hydrogens (tertiary/aromatic N) is 1. The molecule has 0 aromatic heterocycles. The average Bonchev–Trinajstić information content (AvgIpc) is 2.44. The standard InChI is InChI=1S/C15H18FNO4/c1-10-5-2-3-8-17(10)13(18)9-21-12-7-4-6-11(16)14(12)15(19)20/h4,6-7,10H,2-3,5,8-9H2,1H3,(H,19,20). The quantitative estimate of drug-likeness (QED) is 0.925. The number of likely N-dealkylation sites (tertiary alicyclic amines) is 1. The third-order valence-corrected chi connectivity index (χ3v) is 3.66. The first-order valence-corrected chi connectivity index (χ1v) is 6.94. The molecule has 0 spiro atoms. The first-order chi connectivity index (χ1) is 10.0. The van der Waals surface area contributed by atoms with Crippen LogP contribution in [0.3, 0.4) is 0 Å². The van der Waals surface area contributed by atoms with Crippen molar-refractivity contribution in [1.82, 2.24) is 4.90 Å². The summed E-state index contributed by atoms with van der Waals surface area (Å²) in [7, 11) is 0. The van der Waals surface area contributed by atoms with Gasteiger partial charge in [-0.25, -0.2) is 9.18 Å². The van der Waals surface area contributed by atoms with Crippen LogP contribution in [0.5, 0.6) is 5.75 Å². The number of piperidine rings is 1. The van der Waals surface area contributed by atoms with Gasteiger partial charge in [-0.2, -0.15) is 0 Å². The normalized spacial score (nSPS) is 18.4. The Morgan fingerprint density at radius 2 is 2.19 bits per heavy atom. The van der Waals surface area contributed by atoms with Crippen LogP contribution in [0.1, 0.15) is 36.5 Å². The van der Waals surface area contributed by atoms with E-state index in [-0.39, 0.29) is 24.3 Å². The molecule has 1 saturated heterocycles. The van der Waals surface area contributed by atoms with Crippen molar-refractivity contribution in [2.45, 2.75) is 32.2 Å². The number of carbonyl (C=O) groups is 2. The van der Waals surface area contributed by atoms with Crippen molar-refractivity contribution < 1.29 is 23.8 Å². The van der Waals surface area contributed by atoms with Gasteiger partial charge in [0.15, 0.2) is 6.61 Å². The summed E-state index contributed by atoms with van der Waals surface area (Å²) in [5.74, 6) is -2.62. The van der Waals surface area contributed by atoms with E-state index in [0.29, 0.717) is 6.54 Å². The maximum absolute atomic E-state index is 13.5. The lowest BCUT2D eigenvalue weighted by molar-refractivity contribution is -0.136. The van der Waals surface area contributed by atoms with E-state index >= 15 is 0 Å². The summed E-state index contributed by atoms with van der Waals surface area (Å²) in [5.41, 5.74) is -0.544. The Labute approximate surface area is 122 Å². The molecule has 1 aliphatic rings. The molecule has 1 unspecified atom stereocenters. The van der Waals surface area contributed by atoms with Crippen molar-refractivity contribution in [2.75, 3.05) is 13.2 Å². The molecule has 1 aromatic carbocycles. The van der Waals surface area contributed by atoms with Gasteiger partial charge in [0.25, 0.3) is 5.91 Å². The van der Waals surface area contributed by atoms with Crippen molar-refractivity contribution in [2.24, 2.45) is 0 Å². The highest BCUT2D eigenvalue weighted by molar-refractivity contribution is 5.91. The molecule has 5 nitrogen and oxygen atoms in total. The zero-order valence-electron chi connectivity index (χ0n) is 11.8. The summed E-state index contributed by atoms with van der Waals surface area (Å²) in [5, 5.41) is 8.99. The predicted molar refractivity (Wildman–Crippen MR) is 73.9 cm³/mol. The second-order valence-corrected chi connectivity index (χ2v) is 5.14. The number of aromatic carboxylic acids is 1. The Kier molecular flexibility index (Phi) is 4.77. The number of ether oxygens (including phenoxy) is 1. The highest BCUT2D eigenvalue weighted by atomic mass is 19.1. The number of rotatable bonds is 4. The second kappa shape index (κ2) is 6.56. The van der Waals surface area contributed by atoms with Gasteiger partial charge in [0.05, 0.1) is 0 Å². The molecule has 2 rings (SSSR count). The Bertz CT molecular complexity index is 546. The summed E-state index contributed by atoms with van der Waals surface area (Å²) < 4.78 is 18.7. The lowest BCUT2D eigenvalue weighted by atomic mass is 10.0. The van der Waals surface area contributed by atoms with Crippen LogP contribution in [0, 0.1) is 5.82 Å². The van der Waals surface area contributed by atoms with Gasteiger partial charge in [-0.05, 0) is 38.3 Å². The molecule has 1 N–H and O–H groups in total. The Balaban J connectivity index is 2.04. The lowest BCUT2D eigenvalue weighted by Crippen LogP contribution is -2.44. The SMILES string of the molecule is CC1CCCCN1C(=O)COc1cccc(F)c1C(=O)O. The molecule has 21 heavy (non-hydrogen) atoms. The summed E-state index contributed by atoms with van der Waals surface area (Å²) in [6, 6.07) is 3.90. The third kappa shape index (κ3) is 3.51. The van der Waals surface area contributed by atoms with Crippen molar-refractivity contribution in [3.63, 3.8) is 0 Å². The summed E-state index contributed by atoms with van der Waals surface area (Å²) in [6.07, 6.45) is 3.00. The highest BCUT2D eigenvalue weighted by Crippen LogP contribution is 2.22.